The Bertz CT molecular complexity index is 548. The normalized spacial score (nSPS) is 22.9. The van der Waals surface area contributed by atoms with Gasteiger partial charge in [0.2, 0.25) is 0 Å². The average molecular weight is 278 g/mol. The Morgan fingerprint density at radius 1 is 1.30 bits per heavy atom. The highest BCUT2D eigenvalue weighted by molar-refractivity contribution is 6.01. The number of hydrogen-bond donors (Lipinski definition) is 2. The maximum Gasteiger partial charge on any atom is 0.352 e. The number of carbonyl (C=O) groups excluding carboxylic acids is 1. The van der Waals surface area contributed by atoms with Crippen molar-refractivity contribution in [1.82, 2.24) is 9.88 Å². The molecule has 1 amide bonds. The first-order valence-corrected chi connectivity index (χ1v) is 7.06. The van der Waals surface area contributed by atoms with Gasteiger partial charge in [0.25, 0.3) is 5.91 Å². The second-order valence-electron chi connectivity index (χ2n) is 5.91. The van der Waals surface area contributed by atoms with Crippen molar-refractivity contribution in [3.05, 3.63) is 22.5 Å². The molecule has 110 valence electrons. The first-order valence-electron chi connectivity index (χ1n) is 7.06. The second kappa shape index (κ2) is 5.31. The van der Waals surface area contributed by atoms with E-state index in [2.05, 4.69) is 18.8 Å². The van der Waals surface area contributed by atoms with Gasteiger partial charge in [0.15, 0.2) is 0 Å². The summed E-state index contributed by atoms with van der Waals surface area (Å²) in [4.78, 5) is 28.5. The number of nitrogens with zero attached hydrogens (tertiary/aromatic N) is 1. The van der Waals surface area contributed by atoms with Crippen LogP contribution in [-0.4, -0.2) is 39.5 Å². The highest BCUT2D eigenvalue weighted by Crippen LogP contribution is 2.26. The highest BCUT2D eigenvalue weighted by atomic mass is 16.4. The second-order valence-corrected chi connectivity index (χ2v) is 5.91. The SMILES string of the molecule is Cc1[nH]c(C(=O)O)c(C)c1C(=O)N1CCC(C)CC1C. The molecule has 0 aliphatic carbocycles. The molecule has 1 aromatic heterocycles. The molecular weight excluding hydrogens is 256 g/mol. The van der Waals surface area contributed by atoms with Crippen molar-refractivity contribution in [3.8, 4) is 0 Å². The number of aromatic nitrogens is 1. The standard InChI is InChI=1S/C15H22N2O3/c1-8-5-6-17(9(2)7-8)14(18)12-10(3)13(15(19)20)16-11(12)4/h8-9,16H,5-7H2,1-4H3,(H,19,20). The molecule has 0 aromatic carbocycles. The Labute approximate surface area is 119 Å². The molecular formula is C15H22N2O3. The van der Waals surface area contributed by atoms with Gasteiger partial charge in [0.05, 0.1) is 5.56 Å². The van der Waals surface area contributed by atoms with Gasteiger partial charge in [0, 0.05) is 18.3 Å². The Morgan fingerprint density at radius 2 is 1.95 bits per heavy atom. The Morgan fingerprint density at radius 3 is 2.45 bits per heavy atom. The van der Waals surface area contributed by atoms with Crippen LogP contribution in [0.25, 0.3) is 0 Å². The fourth-order valence-electron chi connectivity index (χ4n) is 3.14. The maximum absolute atomic E-state index is 12.7. The molecule has 2 heterocycles. The fraction of sp³-hybridized carbons (Fsp3) is 0.600. The zero-order chi connectivity index (χ0) is 15.0. The number of aryl methyl sites for hydroxylation is 1. The molecule has 2 N–H and O–H groups in total. The third-order valence-electron chi connectivity index (χ3n) is 4.26. The van der Waals surface area contributed by atoms with Crippen molar-refractivity contribution in [2.24, 2.45) is 5.92 Å². The van der Waals surface area contributed by atoms with Crippen LogP contribution in [0.1, 0.15) is 58.8 Å². The Hall–Kier alpha value is -1.78. The zero-order valence-corrected chi connectivity index (χ0v) is 12.5. The largest absolute Gasteiger partial charge is 0.477 e. The lowest BCUT2D eigenvalue weighted by molar-refractivity contribution is 0.0587. The summed E-state index contributed by atoms with van der Waals surface area (Å²) in [5.74, 6) is -0.440. The first-order chi connectivity index (χ1) is 9.32. The molecule has 5 heteroatoms. The molecule has 5 nitrogen and oxygen atoms in total. The van der Waals surface area contributed by atoms with E-state index >= 15 is 0 Å². The molecule has 0 radical (unpaired) electrons. The summed E-state index contributed by atoms with van der Waals surface area (Å²) < 4.78 is 0. The van der Waals surface area contributed by atoms with Crippen molar-refractivity contribution >= 4 is 11.9 Å². The van der Waals surface area contributed by atoms with Gasteiger partial charge < -0.3 is 15.0 Å². The van der Waals surface area contributed by atoms with Crippen molar-refractivity contribution in [1.29, 1.82) is 0 Å². The quantitative estimate of drug-likeness (QED) is 0.873. The van der Waals surface area contributed by atoms with Crippen LogP contribution in [0.3, 0.4) is 0 Å². The van der Waals surface area contributed by atoms with Crippen LogP contribution in [0.4, 0.5) is 0 Å². The van der Waals surface area contributed by atoms with Crippen LogP contribution < -0.4 is 0 Å². The molecule has 0 spiro atoms. The van der Waals surface area contributed by atoms with E-state index in [0.717, 1.165) is 19.4 Å². The van der Waals surface area contributed by atoms with E-state index in [0.29, 0.717) is 22.7 Å². The predicted molar refractivity (Wildman–Crippen MR) is 76.1 cm³/mol. The predicted octanol–water partition coefficient (Wildman–Crippen LogP) is 2.59. The monoisotopic (exact) mass is 278 g/mol. The molecule has 1 fully saturated rings. The summed E-state index contributed by atoms with van der Waals surface area (Å²) >= 11 is 0. The van der Waals surface area contributed by atoms with E-state index in [1.54, 1.807) is 13.8 Å². The minimum absolute atomic E-state index is 0.0526. The van der Waals surface area contributed by atoms with E-state index < -0.39 is 5.97 Å². The summed E-state index contributed by atoms with van der Waals surface area (Å²) in [6.45, 7) is 8.45. The summed E-state index contributed by atoms with van der Waals surface area (Å²) in [7, 11) is 0. The number of rotatable bonds is 2. The zero-order valence-electron chi connectivity index (χ0n) is 12.5. The van der Waals surface area contributed by atoms with Gasteiger partial charge in [-0.3, -0.25) is 4.79 Å². The minimum Gasteiger partial charge on any atom is -0.477 e. The fourth-order valence-corrected chi connectivity index (χ4v) is 3.14. The number of carbonyl (C=O) groups is 2. The van der Waals surface area contributed by atoms with Crippen molar-refractivity contribution < 1.29 is 14.7 Å². The topological polar surface area (TPSA) is 73.4 Å². The van der Waals surface area contributed by atoms with Gasteiger partial charge in [0.1, 0.15) is 5.69 Å². The van der Waals surface area contributed by atoms with Gasteiger partial charge in [-0.2, -0.15) is 0 Å². The minimum atomic E-state index is -1.02. The highest BCUT2D eigenvalue weighted by Gasteiger charge is 2.31. The molecule has 20 heavy (non-hydrogen) atoms. The number of piperidine rings is 1. The van der Waals surface area contributed by atoms with Gasteiger partial charge in [-0.25, -0.2) is 4.79 Å². The summed E-state index contributed by atoms with van der Waals surface area (Å²) in [5.41, 5.74) is 1.80. The summed E-state index contributed by atoms with van der Waals surface area (Å²) in [5, 5.41) is 9.13. The third-order valence-corrected chi connectivity index (χ3v) is 4.26. The van der Waals surface area contributed by atoms with Crippen LogP contribution in [-0.2, 0) is 0 Å². The number of carboxylic acid groups (broad SMARTS) is 1. The van der Waals surface area contributed by atoms with Crippen molar-refractivity contribution in [2.75, 3.05) is 6.54 Å². The van der Waals surface area contributed by atoms with E-state index in [1.807, 2.05) is 4.90 Å². The van der Waals surface area contributed by atoms with Crippen LogP contribution >= 0.6 is 0 Å². The van der Waals surface area contributed by atoms with Crippen molar-refractivity contribution in [2.45, 2.75) is 46.6 Å². The first kappa shape index (κ1) is 14.6. The van der Waals surface area contributed by atoms with E-state index in [9.17, 15) is 9.59 Å². The van der Waals surface area contributed by atoms with Crippen LogP contribution in [0, 0.1) is 19.8 Å². The molecule has 0 bridgehead atoms. The molecule has 2 atom stereocenters. The molecule has 0 saturated carbocycles. The number of nitrogens with one attached hydrogen (secondary N) is 1. The number of H-pyrrole nitrogens is 1. The molecule has 1 aliphatic heterocycles. The van der Waals surface area contributed by atoms with Crippen LogP contribution in [0.2, 0.25) is 0 Å². The number of hydrogen-bond acceptors (Lipinski definition) is 2. The number of likely N-dealkylation sites (tertiary alicyclic amines) is 1. The van der Waals surface area contributed by atoms with E-state index in [-0.39, 0.29) is 17.6 Å². The summed E-state index contributed by atoms with van der Waals surface area (Å²) in [6.07, 6.45) is 2.00. The third kappa shape index (κ3) is 2.44. The summed E-state index contributed by atoms with van der Waals surface area (Å²) in [6, 6.07) is 0.202. The lowest BCUT2D eigenvalue weighted by Gasteiger charge is -2.36. The number of carboxylic acids is 1. The van der Waals surface area contributed by atoms with E-state index in [4.69, 9.17) is 5.11 Å². The molecule has 1 aromatic rings. The van der Waals surface area contributed by atoms with Crippen molar-refractivity contribution in [3.63, 3.8) is 0 Å². The Balaban J connectivity index is 2.32. The Kier molecular flexibility index (Phi) is 3.88. The molecule has 1 aliphatic rings. The molecule has 2 unspecified atom stereocenters. The van der Waals surface area contributed by atoms with Gasteiger partial charge >= 0.3 is 5.97 Å². The number of aromatic amines is 1. The molecule has 1 saturated heterocycles. The lowest BCUT2D eigenvalue weighted by atomic mass is 9.92. The number of aromatic carboxylic acids is 1. The lowest BCUT2D eigenvalue weighted by Crippen LogP contribution is -2.44. The van der Waals surface area contributed by atoms with Gasteiger partial charge in [-0.05, 0) is 45.1 Å². The van der Waals surface area contributed by atoms with E-state index in [1.165, 1.54) is 0 Å². The average Bonchev–Trinajstić information content (AvgIpc) is 2.64. The van der Waals surface area contributed by atoms with Crippen LogP contribution in [0.5, 0.6) is 0 Å². The van der Waals surface area contributed by atoms with Gasteiger partial charge in [-0.15, -0.1) is 0 Å². The maximum atomic E-state index is 12.7. The van der Waals surface area contributed by atoms with Crippen LogP contribution in [0.15, 0.2) is 0 Å². The number of amides is 1. The smallest absolute Gasteiger partial charge is 0.352 e. The van der Waals surface area contributed by atoms with Gasteiger partial charge in [-0.1, -0.05) is 6.92 Å². The molecule has 2 rings (SSSR count).